The highest BCUT2D eigenvalue weighted by atomic mass is 16.2. The van der Waals surface area contributed by atoms with E-state index in [4.69, 9.17) is 0 Å². The van der Waals surface area contributed by atoms with Gasteiger partial charge in [0, 0.05) is 18.3 Å². The molecule has 0 atom stereocenters. The summed E-state index contributed by atoms with van der Waals surface area (Å²) in [5.74, 6) is 0.704. The molecule has 3 nitrogen and oxygen atoms in total. The van der Waals surface area contributed by atoms with Gasteiger partial charge >= 0.3 is 6.03 Å². The molecule has 15 heavy (non-hydrogen) atoms. The Bertz CT molecular complexity index is 249. The first kappa shape index (κ1) is 12.1. The van der Waals surface area contributed by atoms with E-state index < -0.39 is 0 Å². The largest absolute Gasteiger partial charge is 0.321 e. The van der Waals surface area contributed by atoms with Crippen LogP contribution in [0.5, 0.6) is 0 Å². The lowest BCUT2D eigenvalue weighted by molar-refractivity contribution is 0.153. The molecular formula is C12H22N2O. The smallest absolute Gasteiger partial charge is 0.320 e. The molecule has 1 aliphatic carbocycles. The van der Waals surface area contributed by atoms with Crippen LogP contribution in [0.4, 0.5) is 4.79 Å². The summed E-state index contributed by atoms with van der Waals surface area (Å²) in [4.78, 5) is 13.6. The van der Waals surface area contributed by atoms with Gasteiger partial charge in [0.25, 0.3) is 0 Å². The number of allylic oxidation sites excluding steroid dienone is 1. The van der Waals surface area contributed by atoms with E-state index in [2.05, 4.69) is 11.4 Å². The molecular weight excluding hydrogens is 188 g/mol. The zero-order valence-electron chi connectivity index (χ0n) is 10.2. The van der Waals surface area contributed by atoms with Crippen molar-refractivity contribution in [1.29, 1.82) is 0 Å². The Morgan fingerprint density at radius 2 is 2.07 bits per heavy atom. The van der Waals surface area contributed by atoms with Gasteiger partial charge in [-0.15, -0.1) is 0 Å². The Balaban J connectivity index is 2.42. The summed E-state index contributed by atoms with van der Waals surface area (Å²) >= 11 is 0. The van der Waals surface area contributed by atoms with E-state index in [9.17, 15) is 4.79 Å². The topological polar surface area (TPSA) is 32.3 Å². The second kappa shape index (κ2) is 4.69. The molecule has 86 valence electrons. The number of carbonyl (C=O) groups is 1. The first-order valence-corrected chi connectivity index (χ1v) is 5.70. The minimum absolute atomic E-state index is 0.0121. The van der Waals surface area contributed by atoms with Gasteiger partial charge in [-0.05, 0) is 46.5 Å². The lowest BCUT2D eigenvalue weighted by atomic mass is 10.1. The van der Waals surface area contributed by atoms with Crippen molar-refractivity contribution in [3.63, 3.8) is 0 Å². The van der Waals surface area contributed by atoms with Crippen molar-refractivity contribution in [2.75, 3.05) is 6.54 Å². The van der Waals surface area contributed by atoms with Gasteiger partial charge in [-0.1, -0.05) is 6.08 Å². The average Bonchev–Trinajstić information content (AvgIpc) is 2.86. The van der Waals surface area contributed by atoms with Crippen LogP contribution in [0.25, 0.3) is 0 Å². The number of rotatable bonds is 3. The first-order chi connectivity index (χ1) is 6.95. The predicted molar refractivity (Wildman–Crippen MR) is 62.5 cm³/mol. The number of nitrogens with one attached hydrogen (secondary N) is 1. The lowest BCUT2D eigenvalue weighted by Gasteiger charge is -2.34. The van der Waals surface area contributed by atoms with Crippen LogP contribution in [0.3, 0.4) is 0 Å². The van der Waals surface area contributed by atoms with Crippen molar-refractivity contribution < 1.29 is 4.79 Å². The van der Waals surface area contributed by atoms with Gasteiger partial charge in [-0.2, -0.15) is 0 Å². The number of hydrogen-bond donors (Lipinski definition) is 1. The maximum atomic E-state index is 11.8. The summed E-state index contributed by atoms with van der Waals surface area (Å²) in [6.45, 7) is 8.85. The molecule has 3 heteroatoms. The van der Waals surface area contributed by atoms with Gasteiger partial charge in [0.05, 0.1) is 0 Å². The van der Waals surface area contributed by atoms with E-state index in [0.717, 1.165) is 6.54 Å². The van der Waals surface area contributed by atoms with E-state index in [-0.39, 0.29) is 11.6 Å². The molecule has 0 heterocycles. The molecule has 0 aromatic heterocycles. The van der Waals surface area contributed by atoms with Gasteiger partial charge in [0.15, 0.2) is 0 Å². The normalized spacial score (nSPS) is 16.8. The third-order valence-electron chi connectivity index (χ3n) is 2.57. The molecule has 0 saturated heterocycles. The molecule has 0 spiro atoms. The van der Waals surface area contributed by atoms with Crippen molar-refractivity contribution in [3.8, 4) is 0 Å². The number of hydrogen-bond acceptors (Lipinski definition) is 1. The second-order valence-corrected chi connectivity index (χ2v) is 5.06. The highest BCUT2D eigenvalue weighted by Gasteiger charge is 2.24. The molecule has 0 bridgehead atoms. The van der Waals surface area contributed by atoms with Crippen LogP contribution < -0.4 is 5.32 Å². The summed E-state index contributed by atoms with van der Waals surface area (Å²) in [5, 5.41) is 2.82. The van der Waals surface area contributed by atoms with E-state index >= 15 is 0 Å². The van der Waals surface area contributed by atoms with Gasteiger partial charge in [0.1, 0.15) is 0 Å². The van der Waals surface area contributed by atoms with Crippen LogP contribution in [0, 0.1) is 5.92 Å². The van der Waals surface area contributed by atoms with Gasteiger partial charge < -0.3 is 10.2 Å². The third kappa shape index (κ3) is 3.94. The summed E-state index contributed by atoms with van der Waals surface area (Å²) < 4.78 is 0. The second-order valence-electron chi connectivity index (χ2n) is 5.06. The Morgan fingerprint density at radius 1 is 1.47 bits per heavy atom. The zero-order valence-corrected chi connectivity index (χ0v) is 10.2. The van der Waals surface area contributed by atoms with Crippen LogP contribution in [0.15, 0.2) is 12.3 Å². The third-order valence-corrected chi connectivity index (χ3v) is 2.57. The molecule has 0 aromatic carbocycles. The molecule has 1 saturated carbocycles. The zero-order chi connectivity index (χ0) is 11.5. The molecule has 0 unspecified atom stereocenters. The van der Waals surface area contributed by atoms with E-state index in [1.807, 2.05) is 32.6 Å². The average molecular weight is 210 g/mol. The Morgan fingerprint density at radius 3 is 2.47 bits per heavy atom. The van der Waals surface area contributed by atoms with Crippen molar-refractivity contribution in [2.24, 2.45) is 5.92 Å². The number of urea groups is 1. The summed E-state index contributed by atoms with van der Waals surface area (Å²) in [6, 6.07) is -0.0121. The first-order valence-electron chi connectivity index (χ1n) is 5.70. The van der Waals surface area contributed by atoms with Gasteiger partial charge in [0.2, 0.25) is 0 Å². The fraction of sp³-hybridized carbons (Fsp3) is 0.750. The Kier molecular flexibility index (Phi) is 3.77. The number of amides is 2. The van der Waals surface area contributed by atoms with E-state index in [1.54, 1.807) is 6.20 Å². The van der Waals surface area contributed by atoms with Crippen LogP contribution in [0.2, 0.25) is 0 Å². The number of carbonyl (C=O) groups excluding carboxylic acids is 1. The predicted octanol–water partition coefficient (Wildman–Crippen LogP) is 2.74. The molecule has 1 fully saturated rings. The van der Waals surface area contributed by atoms with Crippen molar-refractivity contribution >= 4 is 6.03 Å². The van der Waals surface area contributed by atoms with Crippen molar-refractivity contribution in [2.45, 2.75) is 46.1 Å². The lowest BCUT2D eigenvalue weighted by Crippen LogP contribution is -2.49. The molecule has 1 N–H and O–H groups in total. The highest BCUT2D eigenvalue weighted by molar-refractivity contribution is 5.75. The molecule has 1 aliphatic rings. The standard InChI is InChI=1S/C12H22N2O/c1-5-14(12(2,3)4)11(15)13-9-8-10-6-7-10/h8-10H,5-7H2,1-4H3,(H,13,15)/b9-8+. The summed E-state index contributed by atoms with van der Waals surface area (Å²) in [6.07, 6.45) is 6.40. The molecule has 1 rings (SSSR count). The highest BCUT2D eigenvalue weighted by Crippen LogP contribution is 2.29. The van der Waals surface area contributed by atoms with Crippen molar-refractivity contribution in [3.05, 3.63) is 12.3 Å². The van der Waals surface area contributed by atoms with E-state index in [1.165, 1.54) is 12.8 Å². The quantitative estimate of drug-likeness (QED) is 0.763. The fourth-order valence-electron chi connectivity index (χ4n) is 1.54. The molecule has 0 aromatic rings. The van der Waals surface area contributed by atoms with Crippen LogP contribution in [0.1, 0.15) is 40.5 Å². The van der Waals surface area contributed by atoms with Crippen LogP contribution in [-0.4, -0.2) is 23.0 Å². The maximum Gasteiger partial charge on any atom is 0.321 e. The fourth-order valence-corrected chi connectivity index (χ4v) is 1.54. The Labute approximate surface area is 92.5 Å². The van der Waals surface area contributed by atoms with Crippen LogP contribution in [-0.2, 0) is 0 Å². The maximum absolute atomic E-state index is 11.8. The minimum Gasteiger partial charge on any atom is -0.320 e. The monoisotopic (exact) mass is 210 g/mol. The molecule has 2 amide bonds. The number of nitrogens with zero attached hydrogens (tertiary/aromatic N) is 1. The molecule has 0 radical (unpaired) electrons. The van der Waals surface area contributed by atoms with E-state index in [0.29, 0.717) is 5.92 Å². The summed E-state index contributed by atoms with van der Waals surface area (Å²) in [7, 11) is 0. The Hall–Kier alpha value is -0.990. The SMILES string of the molecule is CCN(C(=O)N/C=C/C1CC1)C(C)(C)C. The summed E-state index contributed by atoms with van der Waals surface area (Å²) in [5.41, 5.74) is -0.119. The van der Waals surface area contributed by atoms with Crippen LogP contribution >= 0.6 is 0 Å². The van der Waals surface area contributed by atoms with Gasteiger partial charge in [-0.3, -0.25) is 0 Å². The van der Waals surface area contributed by atoms with Gasteiger partial charge in [-0.25, -0.2) is 4.79 Å². The minimum atomic E-state index is -0.119. The molecule has 0 aliphatic heterocycles. The van der Waals surface area contributed by atoms with Crippen molar-refractivity contribution in [1.82, 2.24) is 10.2 Å².